The van der Waals surface area contributed by atoms with Crippen molar-refractivity contribution >= 4 is 17.5 Å². The molecule has 1 rings (SSSR count). The Morgan fingerprint density at radius 1 is 1.38 bits per heavy atom. The lowest BCUT2D eigenvalue weighted by atomic mass is 10.1. The van der Waals surface area contributed by atoms with Gasteiger partial charge >= 0.3 is 0 Å². The maximum Gasteiger partial charge on any atom is 0.256 e. The molecule has 0 atom stereocenters. The van der Waals surface area contributed by atoms with Crippen molar-refractivity contribution < 1.29 is 18.7 Å². The van der Waals surface area contributed by atoms with E-state index in [1.165, 1.54) is 25.3 Å². The molecule has 0 radical (unpaired) electrons. The van der Waals surface area contributed by atoms with Gasteiger partial charge in [-0.3, -0.25) is 4.79 Å². The maximum absolute atomic E-state index is 13.8. The molecule has 0 aromatic heterocycles. The quantitative estimate of drug-likeness (QED) is 0.358. The van der Waals surface area contributed by atoms with E-state index in [-0.39, 0.29) is 34.8 Å². The first-order valence-electron chi connectivity index (χ1n) is 8.36. The minimum atomic E-state index is -0.499. The van der Waals surface area contributed by atoms with E-state index >= 15 is 0 Å². The van der Waals surface area contributed by atoms with E-state index in [1.54, 1.807) is 6.07 Å². The minimum Gasteiger partial charge on any atom is -0.494 e. The fraction of sp³-hybridized carbons (Fsp3) is 0.350. The highest BCUT2D eigenvalue weighted by molar-refractivity contribution is 6.35. The maximum atomic E-state index is 13.8. The van der Waals surface area contributed by atoms with Crippen molar-refractivity contribution in [3.05, 3.63) is 65.2 Å². The molecule has 0 aliphatic heterocycles. The van der Waals surface area contributed by atoms with Crippen molar-refractivity contribution in [2.45, 2.75) is 39.3 Å². The summed E-state index contributed by atoms with van der Waals surface area (Å²) in [6.45, 7) is 11.4. The largest absolute Gasteiger partial charge is 0.494 e. The summed E-state index contributed by atoms with van der Waals surface area (Å²) in [6.07, 6.45) is 2.94. The first-order chi connectivity index (χ1) is 12.4. The molecule has 1 aromatic carbocycles. The first-order valence-corrected chi connectivity index (χ1v) is 8.74. The molecular formula is C20H25ClFNO3. The number of nitrogens with one attached hydrogen (secondary N) is 1. The molecule has 0 saturated carbocycles. The van der Waals surface area contributed by atoms with Gasteiger partial charge < -0.3 is 14.8 Å². The van der Waals surface area contributed by atoms with Crippen LogP contribution in [-0.4, -0.2) is 19.1 Å². The molecule has 0 heterocycles. The lowest BCUT2D eigenvalue weighted by molar-refractivity contribution is -0.117. The lowest BCUT2D eigenvalue weighted by Crippen LogP contribution is -2.26. The molecule has 1 aromatic rings. The van der Waals surface area contributed by atoms with E-state index in [1.807, 2.05) is 13.8 Å². The van der Waals surface area contributed by atoms with Gasteiger partial charge in [-0.2, -0.15) is 0 Å². The number of halogens is 2. The molecule has 0 bridgehead atoms. The summed E-state index contributed by atoms with van der Waals surface area (Å²) in [5.74, 6) is -0.554. The number of benzene rings is 1. The Kier molecular flexibility index (Phi) is 8.93. The second kappa shape index (κ2) is 10.7. The monoisotopic (exact) mass is 381 g/mol. The van der Waals surface area contributed by atoms with Crippen LogP contribution < -0.4 is 10.1 Å². The lowest BCUT2D eigenvalue weighted by Gasteiger charge is -2.19. The second-order valence-electron chi connectivity index (χ2n) is 5.56. The number of methoxy groups -OCH3 is 1. The van der Waals surface area contributed by atoms with Crippen LogP contribution in [0.25, 0.3) is 0 Å². The van der Waals surface area contributed by atoms with Crippen LogP contribution in [-0.2, 0) is 16.1 Å². The number of hydrogen-bond donors (Lipinski definition) is 1. The predicted molar refractivity (Wildman–Crippen MR) is 102 cm³/mol. The van der Waals surface area contributed by atoms with Crippen LogP contribution in [0.3, 0.4) is 0 Å². The van der Waals surface area contributed by atoms with E-state index in [0.717, 1.165) is 12.8 Å². The Morgan fingerprint density at radius 2 is 2.04 bits per heavy atom. The van der Waals surface area contributed by atoms with Gasteiger partial charge in [-0.25, -0.2) is 4.39 Å². The third-order valence-electron chi connectivity index (χ3n) is 3.80. The molecule has 0 aliphatic rings. The van der Waals surface area contributed by atoms with Crippen molar-refractivity contribution in [1.82, 2.24) is 5.32 Å². The number of carbonyl (C=O) groups excluding carboxylic acids is 1. The molecule has 0 saturated heterocycles. The molecule has 26 heavy (non-hydrogen) atoms. The molecule has 0 fully saturated rings. The van der Waals surface area contributed by atoms with Gasteiger partial charge in [0.15, 0.2) is 11.6 Å². The highest BCUT2D eigenvalue weighted by Crippen LogP contribution is 2.23. The summed E-state index contributed by atoms with van der Waals surface area (Å²) in [6, 6.07) is 4.46. The van der Waals surface area contributed by atoms with Crippen LogP contribution in [0.5, 0.6) is 5.75 Å². The average Bonchev–Trinajstić information content (AvgIpc) is 2.62. The number of ether oxygens (including phenoxy) is 2. The summed E-state index contributed by atoms with van der Waals surface area (Å²) in [4.78, 5) is 12.6. The molecule has 0 spiro atoms. The van der Waals surface area contributed by atoms with Crippen LogP contribution in [0.2, 0.25) is 0 Å². The molecule has 1 amide bonds. The van der Waals surface area contributed by atoms with Crippen molar-refractivity contribution in [3.63, 3.8) is 0 Å². The molecule has 0 aliphatic carbocycles. The van der Waals surface area contributed by atoms with Crippen LogP contribution in [0, 0.1) is 5.82 Å². The zero-order chi connectivity index (χ0) is 19.7. The van der Waals surface area contributed by atoms with Gasteiger partial charge in [-0.1, -0.05) is 44.7 Å². The number of hydrogen-bond acceptors (Lipinski definition) is 3. The summed E-state index contributed by atoms with van der Waals surface area (Å²) in [7, 11) is 1.39. The molecular weight excluding hydrogens is 357 g/mol. The Bertz CT molecular complexity index is 696. The van der Waals surface area contributed by atoms with Crippen LogP contribution in [0.4, 0.5) is 4.39 Å². The number of carbonyl (C=O) groups is 1. The van der Waals surface area contributed by atoms with E-state index in [2.05, 4.69) is 18.5 Å². The summed E-state index contributed by atoms with van der Waals surface area (Å²) in [5, 5.41) is 2.74. The summed E-state index contributed by atoms with van der Waals surface area (Å²) >= 11 is 6.01. The van der Waals surface area contributed by atoms with E-state index in [4.69, 9.17) is 21.1 Å². The molecule has 142 valence electrons. The van der Waals surface area contributed by atoms with Crippen LogP contribution in [0.15, 0.2) is 53.8 Å². The Hall–Kier alpha value is -2.27. The third-order valence-corrected chi connectivity index (χ3v) is 3.99. The smallest absolute Gasteiger partial charge is 0.256 e. The van der Waals surface area contributed by atoms with Gasteiger partial charge in [-0.15, -0.1) is 0 Å². The fourth-order valence-electron chi connectivity index (χ4n) is 2.30. The van der Waals surface area contributed by atoms with Gasteiger partial charge in [0, 0.05) is 11.6 Å². The molecule has 6 heteroatoms. The van der Waals surface area contributed by atoms with Crippen molar-refractivity contribution in [3.8, 4) is 5.75 Å². The Balaban J connectivity index is 2.97. The van der Waals surface area contributed by atoms with Gasteiger partial charge in [0.2, 0.25) is 0 Å². The van der Waals surface area contributed by atoms with Gasteiger partial charge in [-0.05, 0) is 36.6 Å². The highest BCUT2D eigenvalue weighted by Gasteiger charge is 2.19. The van der Waals surface area contributed by atoms with Crippen LogP contribution in [0.1, 0.15) is 32.3 Å². The van der Waals surface area contributed by atoms with Gasteiger partial charge in [0.05, 0.1) is 18.8 Å². The third kappa shape index (κ3) is 5.92. The minimum absolute atomic E-state index is 0.0456. The Labute approximate surface area is 159 Å². The summed E-state index contributed by atoms with van der Waals surface area (Å²) < 4.78 is 24.4. The zero-order valence-corrected chi connectivity index (χ0v) is 16.2. The average molecular weight is 382 g/mol. The topological polar surface area (TPSA) is 47.6 Å². The normalized spacial score (nSPS) is 11.6. The van der Waals surface area contributed by atoms with Crippen molar-refractivity contribution in [1.29, 1.82) is 0 Å². The summed E-state index contributed by atoms with van der Waals surface area (Å²) in [5.41, 5.74) is 0.694. The van der Waals surface area contributed by atoms with Crippen molar-refractivity contribution in [2.24, 2.45) is 0 Å². The molecule has 4 nitrogen and oxygen atoms in total. The second-order valence-corrected chi connectivity index (χ2v) is 6.01. The molecule has 1 N–H and O–H groups in total. The fourth-order valence-corrected chi connectivity index (χ4v) is 2.48. The van der Waals surface area contributed by atoms with E-state index < -0.39 is 11.7 Å². The number of allylic oxidation sites excluding steroid dienone is 1. The standard InChI is InChI=1S/C20H25ClFNO3/c1-6-15(7-2)26-17(8-3)19(13(4)21)20(24)23-12-14-9-10-18(25-5)16(22)11-14/h8-11,15H,3-4,6-7,12H2,1-2,5H3,(H,23,24)/b19-17-. The molecule has 0 unspecified atom stereocenters. The van der Waals surface area contributed by atoms with Crippen LogP contribution >= 0.6 is 11.6 Å². The Morgan fingerprint density at radius 3 is 2.50 bits per heavy atom. The first kappa shape index (κ1) is 21.8. The zero-order valence-electron chi connectivity index (χ0n) is 15.4. The highest BCUT2D eigenvalue weighted by atomic mass is 35.5. The SMILES string of the molecule is C=C/C(OC(CC)CC)=C(\C(=C)Cl)C(=O)NCc1ccc(OC)c(F)c1. The predicted octanol–water partition coefficient (Wildman–Crippen LogP) is 4.85. The van der Waals surface area contributed by atoms with Gasteiger partial charge in [0.1, 0.15) is 5.76 Å². The van der Waals surface area contributed by atoms with E-state index in [0.29, 0.717) is 5.56 Å². The van der Waals surface area contributed by atoms with Gasteiger partial charge in [0.25, 0.3) is 5.91 Å². The van der Waals surface area contributed by atoms with E-state index in [9.17, 15) is 9.18 Å². The number of rotatable bonds is 10. The number of amides is 1. The van der Waals surface area contributed by atoms with Crippen molar-refractivity contribution in [2.75, 3.05) is 7.11 Å².